The summed E-state index contributed by atoms with van der Waals surface area (Å²) in [4.78, 5) is 18.3. The minimum Gasteiger partial charge on any atom is -0.454 e. The van der Waals surface area contributed by atoms with Gasteiger partial charge in [0.2, 0.25) is 6.79 Å². The number of carbonyl (C=O) groups is 1. The Bertz CT molecular complexity index is 1580. The number of benzene rings is 3. The van der Waals surface area contributed by atoms with Crippen LogP contribution in [0.4, 0.5) is 0 Å². The second kappa shape index (κ2) is 7.87. The van der Waals surface area contributed by atoms with Gasteiger partial charge < -0.3 is 9.47 Å². The number of carbonyl (C=O) groups excluding carboxylic acids is 1. The normalized spacial score (nSPS) is 13.1. The van der Waals surface area contributed by atoms with Crippen molar-refractivity contribution in [3.8, 4) is 40.0 Å². The number of hydrogen-bond acceptors (Lipinski definition) is 5. The fraction of sp³-hybridized carbons (Fsp3) is 0.0357. The minimum atomic E-state index is -0.149. The number of pyridine rings is 1. The van der Waals surface area contributed by atoms with Gasteiger partial charge in [-0.05, 0) is 35.4 Å². The van der Waals surface area contributed by atoms with E-state index >= 15 is 0 Å². The van der Waals surface area contributed by atoms with Gasteiger partial charge in [0.25, 0.3) is 0 Å². The summed E-state index contributed by atoms with van der Waals surface area (Å²) < 4.78 is 11.0. The van der Waals surface area contributed by atoms with Crippen LogP contribution in [0.15, 0.2) is 66.7 Å². The first kappa shape index (κ1) is 20.2. The Kier molecular flexibility index (Phi) is 4.68. The Hall–Kier alpha value is -4.40. The molecule has 0 unspecified atom stereocenters. The summed E-state index contributed by atoms with van der Waals surface area (Å²) in [6, 6.07) is 22.5. The van der Waals surface area contributed by atoms with E-state index in [1.807, 2.05) is 48.5 Å². The third-order valence-electron chi connectivity index (χ3n) is 5.98. The number of nitriles is 1. The highest BCUT2D eigenvalue weighted by molar-refractivity contribution is 6.32. The van der Waals surface area contributed by atoms with Crippen LogP contribution in [0.25, 0.3) is 34.5 Å². The van der Waals surface area contributed by atoms with E-state index in [9.17, 15) is 10.1 Å². The molecule has 5 nitrogen and oxygen atoms in total. The van der Waals surface area contributed by atoms with Crippen LogP contribution in [-0.4, -0.2) is 17.6 Å². The lowest BCUT2D eigenvalue weighted by molar-refractivity contribution is 0.104. The molecule has 0 spiro atoms. The van der Waals surface area contributed by atoms with Crippen molar-refractivity contribution in [2.24, 2.45) is 0 Å². The maximum absolute atomic E-state index is 13.5. The summed E-state index contributed by atoms with van der Waals surface area (Å²) in [5.74, 6) is 1.05. The summed E-state index contributed by atoms with van der Waals surface area (Å²) >= 11 is 6.32. The predicted molar refractivity (Wildman–Crippen MR) is 130 cm³/mol. The fourth-order valence-corrected chi connectivity index (χ4v) is 4.59. The molecule has 2 aliphatic rings. The first-order valence-corrected chi connectivity index (χ1v) is 11.0. The summed E-state index contributed by atoms with van der Waals surface area (Å²) in [5, 5.41) is 10.8. The summed E-state index contributed by atoms with van der Waals surface area (Å²) in [6.07, 6.45) is 3.59. The van der Waals surface area contributed by atoms with Crippen LogP contribution < -0.4 is 9.47 Å². The van der Waals surface area contributed by atoms with Crippen LogP contribution in [0.3, 0.4) is 0 Å². The zero-order valence-electron chi connectivity index (χ0n) is 17.7. The lowest BCUT2D eigenvalue weighted by Crippen LogP contribution is -2.04. The number of fused-ring (bicyclic) bond motifs is 4. The number of halogens is 1. The molecule has 2 heterocycles. The largest absolute Gasteiger partial charge is 0.454 e. The number of ether oxygens (including phenoxy) is 2. The molecular weight excluding hydrogens is 448 g/mol. The maximum Gasteiger partial charge on any atom is 0.231 e. The second-order valence-corrected chi connectivity index (χ2v) is 8.29. The molecule has 0 bridgehead atoms. The third-order valence-corrected chi connectivity index (χ3v) is 6.32. The molecule has 1 aromatic heterocycles. The highest BCUT2D eigenvalue weighted by Gasteiger charge is 2.34. The Labute approximate surface area is 200 Å². The average Bonchev–Trinajstić information content (AvgIpc) is 3.45. The van der Waals surface area contributed by atoms with Gasteiger partial charge in [-0.2, -0.15) is 5.26 Å². The summed E-state index contributed by atoms with van der Waals surface area (Å²) in [6.45, 7) is 0.133. The van der Waals surface area contributed by atoms with Crippen molar-refractivity contribution in [3.63, 3.8) is 0 Å². The van der Waals surface area contributed by atoms with Gasteiger partial charge in [0.05, 0.1) is 22.5 Å². The molecule has 162 valence electrons. The molecule has 1 aliphatic heterocycles. The van der Waals surface area contributed by atoms with Crippen molar-refractivity contribution in [3.05, 3.63) is 99.7 Å². The number of ketones is 1. The fourth-order valence-electron chi connectivity index (χ4n) is 4.40. The quantitative estimate of drug-likeness (QED) is 0.311. The molecule has 0 saturated carbocycles. The first-order valence-electron chi connectivity index (χ1n) is 10.6. The molecule has 4 aromatic rings. The number of nitrogens with zero attached hydrogens (tertiary/aromatic N) is 2. The van der Waals surface area contributed by atoms with Crippen LogP contribution >= 0.6 is 11.6 Å². The van der Waals surface area contributed by atoms with Crippen LogP contribution in [0, 0.1) is 11.3 Å². The number of rotatable bonds is 3. The van der Waals surface area contributed by atoms with E-state index in [2.05, 4.69) is 6.07 Å². The zero-order chi connectivity index (χ0) is 23.2. The number of aromatic nitrogens is 1. The molecule has 0 radical (unpaired) electrons. The van der Waals surface area contributed by atoms with Gasteiger partial charge in [-0.15, -0.1) is 0 Å². The van der Waals surface area contributed by atoms with Crippen molar-refractivity contribution in [2.45, 2.75) is 0 Å². The minimum absolute atomic E-state index is 0.133. The number of hydrogen-bond donors (Lipinski definition) is 0. The van der Waals surface area contributed by atoms with E-state index in [4.69, 9.17) is 26.1 Å². The van der Waals surface area contributed by atoms with E-state index in [0.29, 0.717) is 55.7 Å². The molecule has 0 atom stereocenters. The molecule has 3 aromatic carbocycles. The van der Waals surface area contributed by atoms with Gasteiger partial charge in [-0.3, -0.25) is 4.79 Å². The highest BCUT2D eigenvalue weighted by atomic mass is 35.5. The third kappa shape index (κ3) is 3.08. The Morgan fingerprint density at radius 2 is 1.68 bits per heavy atom. The molecule has 34 heavy (non-hydrogen) atoms. The molecule has 1 aliphatic carbocycles. The zero-order valence-corrected chi connectivity index (χ0v) is 18.5. The molecule has 0 fully saturated rings. The molecular formula is C28H15ClN2O3. The summed E-state index contributed by atoms with van der Waals surface area (Å²) in [7, 11) is 0. The van der Waals surface area contributed by atoms with Crippen molar-refractivity contribution in [1.29, 1.82) is 5.26 Å². The van der Waals surface area contributed by atoms with E-state index < -0.39 is 0 Å². The van der Waals surface area contributed by atoms with Crippen LogP contribution in [-0.2, 0) is 0 Å². The van der Waals surface area contributed by atoms with Crippen LogP contribution in [0.1, 0.15) is 32.7 Å². The van der Waals surface area contributed by atoms with Crippen molar-refractivity contribution < 1.29 is 14.3 Å². The maximum atomic E-state index is 13.5. The molecule has 0 amide bonds. The SMILES string of the molecule is N#Cc1c(/C=C/c2ccccc2Cl)nc2c(c1-c1ccc3c(c1)OCO3)C(=O)c1ccccc1-2. The van der Waals surface area contributed by atoms with Crippen LogP contribution in [0.5, 0.6) is 11.5 Å². The van der Waals surface area contributed by atoms with Crippen molar-refractivity contribution in [2.75, 3.05) is 6.79 Å². The molecule has 6 heteroatoms. The van der Waals surface area contributed by atoms with Gasteiger partial charge in [-0.25, -0.2) is 4.98 Å². The highest BCUT2D eigenvalue weighted by Crippen LogP contribution is 2.45. The molecule has 6 rings (SSSR count). The van der Waals surface area contributed by atoms with Crippen molar-refractivity contribution in [1.82, 2.24) is 4.98 Å². The van der Waals surface area contributed by atoms with Gasteiger partial charge in [0.1, 0.15) is 6.07 Å². The monoisotopic (exact) mass is 462 g/mol. The molecule has 0 N–H and O–H groups in total. The second-order valence-electron chi connectivity index (χ2n) is 7.88. The topological polar surface area (TPSA) is 72.2 Å². The van der Waals surface area contributed by atoms with Gasteiger partial charge in [0.15, 0.2) is 17.3 Å². The Morgan fingerprint density at radius 1 is 0.912 bits per heavy atom. The van der Waals surface area contributed by atoms with E-state index in [1.54, 1.807) is 30.3 Å². The van der Waals surface area contributed by atoms with Gasteiger partial charge in [-0.1, -0.05) is 66.2 Å². The summed E-state index contributed by atoms with van der Waals surface area (Å²) in [5.41, 5.74) is 5.10. The Balaban J connectivity index is 1.63. The van der Waals surface area contributed by atoms with Gasteiger partial charge >= 0.3 is 0 Å². The standard InChI is InChI=1S/C28H15ClN2O3/c29-21-8-4-1-5-16(21)9-11-22-20(14-30)25(17-10-12-23-24(13-17)34-15-33-23)26-27(31-22)18-6-2-3-7-19(18)28(26)32/h1-13H,15H2/b11-9+. The smallest absolute Gasteiger partial charge is 0.231 e. The van der Waals surface area contributed by atoms with E-state index in [1.165, 1.54) is 0 Å². The predicted octanol–water partition coefficient (Wildman–Crippen LogP) is 6.38. The lowest BCUT2D eigenvalue weighted by Gasteiger charge is -2.13. The van der Waals surface area contributed by atoms with Crippen molar-refractivity contribution >= 4 is 29.5 Å². The Morgan fingerprint density at radius 3 is 2.50 bits per heavy atom. The van der Waals surface area contributed by atoms with Crippen LogP contribution in [0.2, 0.25) is 5.02 Å². The van der Waals surface area contributed by atoms with E-state index in [0.717, 1.165) is 11.1 Å². The first-order chi connectivity index (χ1) is 16.7. The lowest BCUT2D eigenvalue weighted by atomic mass is 9.91. The molecule has 0 saturated heterocycles. The van der Waals surface area contributed by atoms with E-state index in [-0.39, 0.29) is 12.6 Å². The van der Waals surface area contributed by atoms with Gasteiger partial charge in [0, 0.05) is 21.7 Å². The average molecular weight is 463 g/mol.